The molecule has 0 spiro atoms. The molecule has 0 saturated heterocycles. The summed E-state index contributed by atoms with van der Waals surface area (Å²) in [5, 5.41) is 4.07. The lowest BCUT2D eigenvalue weighted by Crippen LogP contribution is -2.09. The number of nitrogens with zero attached hydrogens (tertiary/aromatic N) is 2. The number of alkyl halides is 2. The van der Waals surface area contributed by atoms with Gasteiger partial charge in [-0.25, -0.2) is 8.78 Å². The highest BCUT2D eigenvalue weighted by molar-refractivity contribution is 9.10. The molecule has 0 atom stereocenters. The van der Waals surface area contributed by atoms with Crippen molar-refractivity contribution in [2.75, 3.05) is 6.61 Å². The predicted octanol–water partition coefficient (Wildman–Crippen LogP) is 4.14. The van der Waals surface area contributed by atoms with Crippen LogP contribution in [0.15, 0.2) is 22.8 Å². The molecule has 8 heteroatoms. The molecule has 0 fully saturated rings. The fraction of sp³-hybridized carbons (Fsp3) is 0.308. The molecule has 114 valence electrons. The molecule has 0 saturated carbocycles. The monoisotopic (exact) mass is 366 g/mol. The third kappa shape index (κ3) is 3.62. The number of halogens is 5. The second kappa shape index (κ2) is 6.57. The van der Waals surface area contributed by atoms with Crippen molar-refractivity contribution in [3.8, 4) is 11.1 Å². The summed E-state index contributed by atoms with van der Waals surface area (Å²) >= 11 is 2.90. The zero-order valence-electron chi connectivity index (χ0n) is 10.9. The number of aromatic nitrogens is 2. The second-order valence-corrected chi connectivity index (χ2v) is 5.10. The average molecular weight is 367 g/mol. The Hall–Kier alpha value is -1.41. The van der Waals surface area contributed by atoms with E-state index < -0.39 is 18.2 Å². The van der Waals surface area contributed by atoms with Crippen molar-refractivity contribution in [2.24, 2.45) is 0 Å². The Morgan fingerprint density at radius 2 is 1.95 bits per heavy atom. The maximum absolute atomic E-state index is 13.9. The van der Waals surface area contributed by atoms with E-state index in [9.17, 15) is 17.6 Å². The Labute approximate surface area is 126 Å². The van der Waals surface area contributed by atoms with Crippen LogP contribution in [0.4, 0.5) is 17.6 Å². The molecule has 0 bridgehead atoms. The summed E-state index contributed by atoms with van der Waals surface area (Å²) in [6.07, 6.45) is 1.47. The van der Waals surface area contributed by atoms with Gasteiger partial charge in [0.05, 0.1) is 23.3 Å². The van der Waals surface area contributed by atoms with Gasteiger partial charge in [0.15, 0.2) is 11.6 Å². The van der Waals surface area contributed by atoms with E-state index in [1.807, 2.05) is 0 Å². The molecule has 3 nitrogen and oxygen atoms in total. The van der Waals surface area contributed by atoms with Gasteiger partial charge < -0.3 is 4.74 Å². The Kier molecular flexibility index (Phi) is 5.00. The Bertz CT molecular complexity index is 645. The Morgan fingerprint density at radius 1 is 1.24 bits per heavy atom. The van der Waals surface area contributed by atoms with Crippen molar-refractivity contribution in [1.29, 1.82) is 0 Å². The SMILES string of the molecule is Cc1nn(CCOC(F)F)cc1-c1ccc(Br)c(F)c1F. The topological polar surface area (TPSA) is 27.1 Å². The molecule has 0 unspecified atom stereocenters. The minimum Gasteiger partial charge on any atom is -0.321 e. The quantitative estimate of drug-likeness (QED) is 0.587. The first kappa shape index (κ1) is 16.0. The molecule has 1 heterocycles. The highest BCUT2D eigenvalue weighted by Crippen LogP contribution is 2.30. The van der Waals surface area contributed by atoms with Crippen molar-refractivity contribution < 1.29 is 22.3 Å². The Morgan fingerprint density at radius 3 is 2.62 bits per heavy atom. The van der Waals surface area contributed by atoms with Crippen molar-refractivity contribution in [3.63, 3.8) is 0 Å². The lowest BCUT2D eigenvalue weighted by molar-refractivity contribution is -0.130. The molecule has 0 aliphatic rings. The molecule has 21 heavy (non-hydrogen) atoms. The summed E-state index contributed by atoms with van der Waals surface area (Å²) in [5.41, 5.74) is 0.929. The number of ether oxygens (including phenoxy) is 1. The van der Waals surface area contributed by atoms with Gasteiger partial charge in [-0.15, -0.1) is 0 Å². The van der Waals surface area contributed by atoms with E-state index in [0.29, 0.717) is 11.3 Å². The van der Waals surface area contributed by atoms with Crippen LogP contribution in [0.3, 0.4) is 0 Å². The molecule has 0 radical (unpaired) electrons. The molecule has 0 aliphatic heterocycles. The first-order valence-corrected chi connectivity index (χ1v) is 6.77. The van der Waals surface area contributed by atoms with E-state index >= 15 is 0 Å². The summed E-state index contributed by atoms with van der Waals surface area (Å²) in [4.78, 5) is 0. The molecule has 0 aliphatic carbocycles. The summed E-state index contributed by atoms with van der Waals surface area (Å²) in [6, 6.07) is 2.82. The molecule has 0 amide bonds. The van der Waals surface area contributed by atoms with Gasteiger partial charge >= 0.3 is 6.61 Å². The highest BCUT2D eigenvalue weighted by atomic mass is 79.9. The van der Waals surface area contributed by atoms with Crippen LogP contribution in [0, 0.1) is 18.6 Å². The first-order valence-electron chi connectivity index (χ1n) is 5.98. The van der Waals surface area contributed by atoms with Crippen LogP contribution in [0.2, 0.25) is 0 Å². The van der Waals surface area contributed by atoms with Gasteiger partial charge in [-0.05, 0) is 35.0 Å². The number of hydrogen-bond acceptors (Lipinski definition) is 2. The fourth-order valence-electron chi connectivity index (χ4n) is 1.87. The first-order chi connectivity index (χ1) is 9.90. The zero-order chi connectivity index (χ0) is 15.6. The number of rotatable bonds is 5. The summed E-state index contributed by atoms with van der Waals surface area (Å²) in [7, 11) is 0. The van der Waals surface area contributed by atoms with E-state index in [0.717, 1.165) is 0 Å². The van der Waals surface area contributed by atoms with E-state index in [1.54, 1.807) is 6.92 Å². The van der Waals surface area contributed by atoms with Gasteiger partial charge in [-0.2, -0.15) is 13.9 Å². The predicted molar refractivity (Wildman–Crippen MR) is 72.0 cm³/mol. The maximum Gasteiger partial charge on any atom is 0.345 e. The molecule has 1 aromatic carbocycles. The smallest absolute Gasteiger partial charge is 0.321 e. The number of aryl methyl sites for hydroxylation is 1. The van der Waals surface area contributed by atoms with Gasteiger partial charge in [0.2, 0.25) is 0 Å². The van der Waals surface area contributed by atoms with Crippen molar-refractivity contribution in [1.82, 2.24) is 9.78 Å². The normalized spacial score (nSPS) is 11.4. The van der Waals surface area contributed by atoms with Gasteiger partial charge in [0.25, 0.3) is 0 Å². The van der Waals surface area contributed by atoms with Crippen molar-refractivity contribution >= 4 is 15.9 Å². The summed E-state index contributed by atoms with van der Waals surface area (Å²) < 4.78 is 56.7. The average Bonchev–Trinajstić information content (AvgIpc) is 2.77. The third-order valence-corrected chi connectivity index (χ3v) is 3.45. The zero-order valence-corrected chi connectivity index (χ0v) is 12.5. The van der Waals surface area contributed by atoms with Crippen LogP contribution in [-0.2, 0) is 11.3 Å². The lowest BCUT2D eigenvalue weighted by Gasteiger charge is -2.04. The van der Waals surface area contributed by atoms with Gasteiger partial charge in [0, 0.05) is 17.3 Å². The molecule has 2 aromatic rings. The molecule has 2 rings (SSSR count). The maximum atomic E-state index is 13.9. The highest BCUT2D eigenvalue weighted by Gasteiger charge is 2.17. The summed E-state index contributed by atoms with van der Waals surface area (Å²) in [6.45, 7) is -1.36. The number of benzene rings is 1. The number of hydrogen-bond donors (Lipinski definition) is 0. The van der Waals surface area contributed by atoms with Crippen LogP contribution < -0.4 is 0 Å². The van der Waals surface area contributed by atoms with Crippen LogP contribution in [0.25, 0.3) is 11.1 Å². The third-order valence-electron chi connectivity index (χ3n) is 2.84. The minimum atomic E-state index is -2.85. The molecular formula is C13H11BrF4N2O. The fourth-order valence-corrected chi connectivity index (χ4v) is 2.17. The van der Waals surface area contributed by atoms with Gasteiger partial charge in [0.1, 0.15) is 0 Å². The minimum absolute atomic E-state index is 0.0270. The van der Waals surface area contributed by atoms with E-state index in [1.165, 1.54) is 23.0 Å². The van der Waals surface area contributed by atoms with E-state index in [4.69, 9.17) is 0 Å². The second-order valence-electron chi connectivity index (χ2n) is 4.25. The Balaban J connectivity index is 2.25. The van der Waals surface area contributed by atoms with E-state index in [-0.39, 0.29) is 23.2 Å². The van der Waals surface area contributed by atoms with Crippen LogP contribution in [0.1, 0.15) is 5.69 Å². The largest absolute Gasteiger partial charge is 0.345 e. The van der Waals surface area contributed by atoms with Gasteiger partial charge in [-0.1, -0.05) is 0 Å². The van der Waals surface area contributed by atoms with Crippen molar-refractivity contribution in [3.05, 3.63) is 40.1 Å². The lowest BCUT2D eigenvalue weighted by atomic mass is 10.1. The molecule has 1 aromatic heterocycles. The van der Waals surface area contributed by atoms with Crippen LogP contribution in [0.5, 0.6) is 0 Å². The van der Waals surface area contributed by atoms with E-state index in [2.05, 4.69) is 25.8 Å². The van der Waals surface area contributed by atoms with Crippen LogP contribution in [-0.4, -0.2) is 23.0 Å². The van der Waals surface area contributed by atoms with Crippen molar-refractivity contribution in [2.45, 2.75) is 20.1 Å². The standard InChI is InChI=1S/C13H11BrF4N2O/c1-7-9(6-20(19-7)4-5-21-13(17)18)8-2-3-10(14)12(16)11(8)15/h2-3,6,13H,4-5H2,1H3. The van der Waals surface area contributed by atoms with Gasteiger partial charge in [-0.3, -0.25) is 4.68 Å². The molecule has 0 N–H and O–H groups in total. The molecular weight excluding hydrogens is 356 g/mol. The summed E-state index contributed by atoms with van der Waals surface area (Å²) in [5.74, 6) is -1.98. The van der Waals surface area contributed by atoms with Crippen LogP contribution >= 0.6 is 15.9 Å².